The average molecular weight is 187 g/mol. The second-order valence-corrected chi connectivity index (χ2v) is 3.09. The Bertz CT molecular complexity index is 334. The van der Waals surface area contributed by atoms with Crippen LogP contribution < -0.4 is 5.32 Å². The fourth-order valence-electron chi connectivity index (χ4n) is 1.38. The fraction of sp³-hybridized carbons (Fsp3) is 0.333. The largest absolute Gasteiger partial charge is 0.310 e. The van der Waals surface area contributed by atoms with Crippen molar-refractivity contribution in [2.45, 2.75) is 12.5 Å². The molecule has 0 saturated carbocycles. The van der Waals surface area contributed by atoms with Crippen LogP contribution in [0.25, 0.3) is 0 Å². The van der Waals surface area contributed by atoms with Crippen LogP contribution in [0.4, 0.5) is 13.2 Å². The lowest BCUT2D eigenvalue weighted by Crippen LogP contribution is -2.35. The minimum absolute atomic E-state index is 0.0868. The first-order chi connectivity index (χ1) is 6.18. The molecule has 4 heteroatoms. The summed E-state index contributed by atoms with van der Waals surface area (Å²) in [5.41, 5.74) is 0.0868. The monoisotopic (exact) mass is 187 g/mol. The standard InChI is InChI=1S/C9H8F3N/c10-5-3-6(8-1-2-13-8)9(12)7(11)4-5/h3-4,8,13H,1-2H2/t8-/m0/s1. The minimum Gasteiger partial charge on any atom is -0.310 e. The summed E-state index contributed by atoms with van der Waals surface area (Å²) in [7, 11) is 0. The first kappa shape index (κ1) is 8.56. The van der Waals surface area contributed by atoms with Crippen molar-refractivity contribution >= 4 is 0 Å². The van der Waals surface area contributed by atoms with E-state index in [0.29, 0.717) is 6.07 Å². The van der Waals surface area contributed by atoms with E-state index in [-0.39, 0.29) is 11.6 Å². The Balaban J connectivity index is 2.42. The summed E-state index contributed by atoms with van der Waals surface area (Å²) in [6.45, 7) is 0.766. The Hall–Kier alpha value is -1.03. The van der Waals surface area contributed by atoms with Crippen molar-refractivity contribution < 1.29 is 13.2 Å². The van der Waals surface area contributed by atoms with Crippen LogP contribution in [0.3, 0.4) is 0 Å². The quantitative estimate of drug-likeness (QED) is 0.664. The van der Waals surface area contributed by atoms with E-state index < -0.39 is 17.5 Å². The zero-order valence-electron chi connectivity index (χ0n) is 6.78. The number of hydrogen-bond acceptors (Lipinski definition) is 1. The highest BCUT2D eigenvalue weighted by atomic mass is 19.2. The summed E-state index contributed by atoms with van der Waals surface area (Å²) in [6.07, 6.45) is 0.722. The van der Waals surface area contributed by atoms with Crippen LogP contribution in [0.1, 0.15) is 18.0 Å². The first-order valence-electron chi connectivity index (χ1n) is 4.06. The molecule has 1 saturated heterocycles. The molecule has 70 valence electrons. The van der Waals surface area contributed by atoms with Crippen molar-refractivity contribution in [2.24, 2.45) is 0 Å². The number of hydrogen-bond donors (Lipinski definition) is 1. The van der Waals surface area contributed by atoms with E-state index in [4.69, 9.17) is 0 Å². The molecule has 0 amide bonds. The Labute approximate surface area is 73.6 Å². The predicted molar refractivity (Wildman–Crippen MR) is 41.7 cm³/mol. The predicted octanol–water partition coefficient (Wildman–Crippen LogP) is 2.14. The molecular weight excluding hydrogens is 179 g/mol. The van der Waals surface area contributed by atoms with E-state index in [0.717, 1.165) is 19.0 Å². The Morgan fingerprint density at radius 3 is 2.46 bits per heavy atom. The van der Waals surface area contributed by atoms with Gasteiger partial charge in [-0.1, -0.05) is 0 Å². The third-order valence-corrected chi connectivity index (χ3v) is 2.22. The van der Waals surface area contributed by atoms with Gasteiger partial charge in [0.05, 0.1) is 0 Å². The van der Waals surface area contributed by atoms with Gasteiger partial charge in [0.2, 0.25) is 0 Å². The van der Waals surface area contributed by atoms with Crippen LogP contribution in [-0.2, 0) is 0 Å². The molecule has 1 aliphatic rings. The maximum absolute atomic E-state index is 13.1. The van der Waals surface area contributed by atoms with Gasteiger partial charge >= 0.3 is 0 Å². The van der Waals surface area contributed by atoms with Crippen LogP contribution in [0.5, 0.6) is 0 Å². The topological polar surface area (TPSA) is 12.0 Å². The van der Waals surface area contributed by atoms with Gasteiger partial charge in [-0.3, -0.25) is 0 Å². The smallest absolute Gasteiger partial charge is 0.163 e. The lowest BCUT2D eigenvalue weighted by Gasteiger charge is -2.28. The molecule has 0 aliphatic carbocycles. The second kappa shape index (κ2) is 3.03. The van der Waals surface area contributed by atoms with Gasteiger partial charge in [0.25, 0.3) is 0 Å². The molecule has 1 aliphatic heterocycles. The number of nitrogens with one attached hydrogen (secondary N) is 1. The van der Waals surface area contributed by atoms with Crippen LogP contribution >= 0.6 is 0 Å². The number of halogens is 3. The summed E-state index contributed by atoms with van der Waals surface area (Å²) in [5.74, 6) is -2.80. The molecule has 1 aromatic rings. The molecule has 0 aromatic heterocycles. The van der Waals surface area contributed by atoms with Gasteiger partial charge < -0.3 is 5.32 Å². The van der Waals surface area contributed by atoms with Crippen molar-refractivity contribution in [3.05, 3.63) is 35.1 Å². The van der Waals surface area contributed by atoms with Crippen molar-refractivity contribution in [3.63, 3.8) is 0 Å². The van der Waals surface area contributed by atoms with Gasteiger partial charge in [0.15, 0.2) is 11.6 Å². The lowest BCUT2D eigenvalue weighted by atomic mass is 9.97. The molecule has 2 rings (SSSR count). The van der Waals surface area contributed by atoms with Crippen molar-refractivity contribution in [2.75, 3.05) is 6.54 Å². The summed E-state index contributed by atoms with van der Waals surface area (Å²) in [5, 5.41) is 2.88. The molecule has 0 bridgehead atoms. The average Bonchev–Trinajstić information content (AvgIpc) is 1.95. The Kier molecular flexibility index (Phi) is 2.00. The maximum Gasteiger partial charge on any atom is 0.163 e. The molecule has 13 heavy (non-hydrogen) atoms. The lowest BCUT2D eigenvalue weighted by molar-refractivity contribution is 0.360. The summed E-state index contributed by atoms with van der Waals surface area (Å²) in [6, 6.07) is 1.36. The van der Waals surface area contributed by atoms with Crippen molar-refractivity contribution in [1.82, 2.24) is 5.32 Å². The van der Waals surface area contributed by atoms with E-state index >= 15 is 0 Å². The third-order valence-electron chi connectivity index (χ3n) is 2.22. The van der Waals surface area contributed by atoms with E-state index in [1.165, 1.54) is 0 Å². The van der Waals surface area contributed by atoms with E-state index in [2.05, 4.69) is 5.32 Å². The highest BCUT2D eigenvalue weighted by Gasteiger charge is 2.24. The van der Waals surface area contributed by atoms with Gasteiger partial charge in [0, 0.05) is 17.7 Å². The number of rotatable bonds is 1. The third kappa shape index (κ3) is 1.42. The highest BCUT2D eigenvalue weighted by Crippen LogP contribution is 2.27. The molecule has 0 radical (unpaired) electrons. The summed E-state index contributed by atoms with van der Waals surface area (Å²) in [4.78, 5) is 0. The maximum atomic E-state index is 13.1. The SMILES string of the molecule is Fc1cc(F)c(F)c([C@@H]2CCN2)c1. The molecule has 1 N–H and O–H groups in total. The van der Waals surface area contributed by atoms with E-state index in [9.17, 15) is 13.2 Å². The molecule has 1 aromatic carbocycles. The van der Waals surface area contributed by atoms with Crippen LogP contribution in [0, 0.1) is 17.5 Å². The fourth-order valence-corrected chi connectivity index (χ4v) is 1.38. The molecule has 1 heterocycles. The summed E-state index contributed by atoms with van der Waals surface area (Å²) < 4.78 is 38.5. The Morgan fingerprint density at radius 2 is 1.92 bits per heavy atom. The van der Waals surface area contributed by atoms with Gasteiger partial charge in [-0.2, -0.15) is 0 Å². The molecule has 0 spiro atoms. The second-order valence-electron chi connectivity index (χ2n) is 3.09. The number of benzene rings is 1. The van der Waals surface area contributed by atoms with Gasteiger partial charge in [0.1, 0.15) is 5.82 Å². The van der Waals surface area contributed by atoms with Crippen molar-refractivity contribution in [3.8, 4) is 0 Å². The minimum atomic E-state index is -1.12. The zero-order chi connectivity index (χ0) is 9.42. The molecular formula is C9H8F3N. The Morgan fingerprint density at radius 1 is 1.23 bits per heavy atom. The van der Waals surface area contributed by atoms with E-state index in [1.54, 1.807) is 0 Å². The van der Waals surface area contributed by atoms with Gasteiger partial charge in [-0.25, -0.2) is 13.2 Å². The van der Waals surface area contributed by atoms with E-state index in [1.807, 2.05) is 0 Å². The summed E-state index contributed by atoms with van der Waals surface area (Å²) >= 11 is 0. The first-order valence-corrected chi connectivity index (χ1v) is 4.06. The molecule has 1 nitrogen and oxygen atoms in total. The van der Waals surface area contributed by atoms with Crippen LogP contribution in [0.2, 0.25) is 0 Å². The van der Waals surface area contributed by atoms with Crippen LogP contribution in [-0.4, -0.2) is 6.54 Å². The molecule has 1 fully saturated rings. The van der Waals surface area contributed by atoms with Crippen molar-refractivity contribution in [1.29, 1.82) is 0 Å². The van der Waals surface area contributed by atoms with Crippen LogP contribution in [0.15, 0.2) is 12.1 Å². The molecule has 1 atom stereocenters. The normalized spacial score (nSPS) is 21.3. The van der Waals surface area contributed by atoms with Gasteiger partial charge in [-0.05, 0) is 19.0 Å². The molecule has 0 unspecified atom stereocenters. The zero-order valence-corrected chi connectivity index (χ0v) is 6.78. The van der Waals surface area contributed by atoms with Gasteiger partial charge in [-0.15, -0.1) is 0 Å². The highest BCUT2D eigenvalue weighted by molar-refractivity contribution is 5.25.